The molecule has 0 radical (unpaired) electrons. The molecular weight excluding hydrogens is 536 g/mol. The molecule has 238 valence electrons. The standard InChI is InChI=1S/C36H56N4O3/c1-41-17-18-43-20-19-42-16-15-38-14-6-9-29(26-38)36-37-34-12-2-3-13-35(34)40(36)33-24-30-10-5-11-31(25-33)39(30)32-22-27-7-4-8-28(21-27)23-32/h2-3,12-13,27-33H,4-11,14-26H2,1H3/t27-,28+,29-,30-,31+,32-,33-/m1/s1. The number of aromatic nitrogens is 2. The summed E-state index contributed by atoms with van der Waals surface area (Å²) < 4.78 is 19.3. The second-order valence-electron chi connectivity index (χ2n) is 14.5. The molecule has 0 spiro atoms. The summed E-state index contributed by atoms with van der Waals surface area (Å²) in [4.78, 5) is 11.1. The summed E-state index contributed by atoms with van der Waals surface area (Å²) in [6.45, 7) is 6.57. The fourth-order valence-electron chi connectivity index (χ4n) is 10.00. The molecule has 43 heavy (non-hydrogen) atoms. The number of fused-ring (bicyclic) bond motifs is 5. The summed E-state index contributed by atoms with van der Waals surface area (Å²) in [6.07, 6.45) is 18.3. The number of hydrogen-bond donors (Lipinski definition) is 0. The highest BCUT2D eigenvalue weighted by Gasteiger charge is 2.45. The minimum atomic E-state index is 0.495. The second kappa shape index (κ2) is 14.3. The van der Waals surface area contributed by atoms with E-state index in [-0.39, 0.29) is 0 Å². The Hall–Kier alpha value is -1.51. The average molecular weight is 593 g/mol. The molecule has 3 aliphatic heterocycles. The molecule has 0 amide bonds. The van der Waals surface area contributed by atoms with Crippen LogP contribution in [-0.4, -0.2) is 97.3 Å². The lowest BCUT2D eigenvalue weighted by Crippen LogP contribution is -2.58. The Labute approximate surface area is 259 Å². The molecule has 1 aromatic heterocycles. The molecule has 5 fully saturated rings. The maximum atomic E-state index is 5.92. The molecular formula is C36H56N4O3. The van der Waals surface area contributed by atoms with Crippen molar-refractivity contribution >= 4 is 11.0 Å². The van der Waals surface area contributed by atoms with E-state index in [2.05, 4.69) is 38.6 Å². The minimum Gasteiger partial charge on any atom is -0.382 e. The minimum absolute atomic E-state index is 0.495. The number of imidazole rings is 1. The maximum absolute atomic E-state index is 5.92. The molecule has 5 aliphatic rings. The number of para-hydroxylation sites is 2. The Morgan fingerprint density at radius 1 is 0.721 bits per heavy atom. The highest BCUT2D eigenvalue weighted by molar-refractivity contribution is 5.76. The third-order valence-electron chi connectivity index (χ3n) is 11.7. The number of likely N-dealkylation sites (tertiary alicyclic amines) is 1. The quantitative estimate of drug-likeness (QED) is 0.265. The topological polar surface area (TPSA) is 52.0 Å². The summed E-state index contributed by atoms with van der Waals surface area (Å²) >= 11 is 0. The van der Waals surface area contributed by atoms with Crippen molar-refractivity contribution in [1.82, 2.24) is 19.4 Å². The van der Waals surface area contributed by atoms with Gasteiger partial charge in [-0.25, -0.2) is 4.98 Å². The molecule has 3 saturated heterocycles. The SMILES string of the molecule is COCCOCCOCCN1CCC[C@@H](c2nc3ccccc3n2[C@@H]2C[C@H]3CCC[C@@H](C2)N3[C@@H]2C[C@@H]3CCC[C@@H](C3)C2)C1. The van der Waals surface area contributed by atoms with E-state index >= 15 is 0 Å². The number of nitrogens with zero attached hydrogens (tertiary/aromatic N) is 4. The van der Waals surface area contributed by atoms with Crippen LogP contribution in [0.15, 0.2) is 24.3 Å². The lowest BCUT2D eigenvalue weighted by molar-refractivity contribution is -0.0487. The molecule has 4 bridgehead atoms. The van der Waals surface area contributed by atoms with E-state index < -0.39 is 0 Å². The van der Waals surface area contributed by atoms with Gasteiger partial charge in [0.15, 0.2) is 0 Å². The van der Waals surface area contributed by atoms with Crippen molar-refractivity contribution in [1.29, 1.82) is 0 Å². The monoisotopic (exact) mass is 592 g/mol. The molecule has 2 saturated carbocycles. The molecule has 2 aliphatic carbocycles. The van der Waals surface area contributed by atoms with Crippen LogP contribution in [0.4, 0.5) is 0 Å². The molecule has 0 N–H and O–H groups in total. The third kappa shape index (κ3) is 6.86. The van der Waals surface area contributed by atoms with Gasteiger partial charge >= 0.3 is 0 Å². The number of ether oxygens (including phenoxy) is 3. The van der Waals surface area contributed by atoms with Gasteiger partial charge in [0.2, 0.25) is 0 Å². The number of rotatable bonds is 12. The Kier molecular flexibility index (Phi) is 10.0. The molecule has 0 unspecified atom stereocenters. The second-order valence-corrected chi connectivity index (χ2v) is 14.5. The van der Waals surface area contributed by atoms with Crippen LogP contribution in [-0.2, 0) is 14.2 Å². The van der Waals surface area contributed by atoms with Crippen LogP contribution in [0.1, 0.15) is 101 Å². The summed E-state index contributed by atoms with van der Waals surface area (Å²) in [5, 5.41) is 0. The molecule has 7 atom stereocenters. The van der Waals surface area contributed by atoms with Crippen LogP contribution >= 0.6 is 0 Å². The van der Waals surface area contributed by atoms with Crippen molar-refractivity contribution in [3.63, 3.8) is 0 Å². The van der Waals surface area contributed by atoms with Gasteiger partial charge < -0.3 is 23.7 Å². The third-order valence-corrected chi connectivity index (χ3v) is 11.7. The van der Waals surface area contributed by atoms with Crippen molar-refractivity contribution in [2.45, 2.75) is 114 Å². The summed E-state index contributed by atoms with van der Waals surface area (Å²) in [7, 11) is 1.70. The van der Waals surface area contributed by atoms with E-state index in [9.17, 15) is 0 Å². The van der Waals surface area contributed by atoms with Gasteiger partial charge in [-0.15, -0.1) is 0 Å². The first-order valence-corrected chi connectivity index (χ1v) is 17.9. The van der Waals surface area contributed by atoms with Crippen molar-refractivity contribution in [2.75, 3.05) is 59.8 Å². The Bertz CT molecular complexity index is 1140. The largest absolute Gasteiger partial charge is 0.382 e. The Morgan fingerprint density at radius 3 is 2.23 bits per heavy atom. The van der Waals surface area contributed by atoms with Crippen molar-refractivity contribution in [3.8, 4) is 0 Å². The van der Waals surface area contributed by atoms with E-state index in [4.69, 9.17) is 19.2 Å². The fourth-order valence-corrected chi connectivity index (χ4v) is 10.00. The number of piperidine rings is 3. The average Bonchev–Trinajstić information content (AvgIpc) is 3.41. The van der Waals surface area contributed by atoms with Gasteiger partial charge in [-0.2, -0.15) is 0 Å². The van der Waals surface area contributed by atoms with Crippen LogP contribution in [0, 0.1) is 11.8 Å². The molecule has 4 heterocycles. The van der Waals surface area contributed by atoms with Gasteiger partial charge in [-0.05, 0) is 88.3 Å². The van der Waals surface area contributed by atoms with Crippen LogP contribution in [0.2, 0.25) is 0 Å². The first kappa shape index (κ1) is 30.2. The molecule has 7 nitrogen and oxygen atoms in total. The van der Waals surface area contributed by atoms with Gasteiger partial charge in [0.25, 0.3) is 0 Å². The predicted octanol–water partition coefficient (Wildman–Crippen LogP) is 6.42. The smallest absolute Gasteiger partial charge is 0.114 e. The van der Waals surface area contributed by atoms with E-state index in [1.165, 1.54) is 100 Å². The zero-order chi connectivity index (χ0) is 29.0. The summed E-state index contributed by atoms with van der Waals surface area (Å²) in [5.74, 6) is 3.87. The zero-order valence-corrected chi connectivity index (χ0v) is 26.7. The molecule has 7 rings (SSSR count). The summed E-state index contributed by atoms with van der Waals surface area (Å²) in [5.41, 5.74) is 2.56. The molecule has 2 aromatic rings. The van der Waals surface area contributed by atoms with Gasteiger partial charge in [-0.3, -0.25) is 4.90 Å². The van der Waals surface area contributed by atoms with E-state index in [0.29, 0.717) is 38.4 Å². The first-order valence-electron chi connectivity index (χ1n) is 17.9. The number of methoxy groups -OCH3 is 1. The Balaban J connectivity index is 1.03. The van der Waals surface area contributed by atoms with Gasteiger partial charge in [0.05, 0.1) is 44.1 Å². The molecule has 7 heteroatoms. The van der Waals surface area contributed by atoms with Crippen LogP contribution in [0.25, 0.3) is 11.0 Å². The normalized spacial score (nSPS) is 33.7. The lowest BCUT2D eigenvalue weighted by Gasteiger charge is -2.55. The maximum Gasteiger partial charge on any atom is 0.114 e. The van der Waals surface area contributed by atoms with Gasteiger partial charge in [-0.1, -0.05) is 37.8 Å². The number of hydrogen-bond acceptors (Lipinski definition) is 6. The van der Waals surface area contributed by atoms with E-state index in [1.807, 2.05) is 0 Å². The molecule has 1 aromatic carbocycles. The van der Waals surface area contributed by atoms with Crippen molar-refractivity contribution < 1.29 is 14.2 Å². The predicted molar refractivity (Wildman–Crippen MR) is 172 cm³/mol. The van der Waals surface area contributed by atoms with Crippen molar-refractivity contribution in [2.24, 2.45) is 11.8 Å². The van der Waals surface area contributed by atoms with Gasteiger partial charge in [0.1, 0.15) is 5.82 Å². The van der Waals surface area contributed by atoms with Gasteiger partial charge in [0, 0.05) is 50.3 Å². The van der Waals surface area contributed by atoms with Crippen LogP contribution in [0.3, 0.4) is 0 Å². The summed E-state index contributed by atoms with van der Waals surface area (Å²) in [6, 6.07) is 11.9. The van der Waals surface area contributed by atoms with Crippen LogP contribution < -0.4 is 0 Å². The van der Waals surface area contributed by atoms with E-state index in [1.54, 1.807) is 7.11 Å². The highest BCUT2D eigenvalue weighted by Crippen LogP contribution is 2.48. The van der Waals surface area contributed by atoms with E-state index in [0.717, 1.165) is 56.2 Å². The number of benzene rings is 1. The lowest BCUT2D eigenvalue weighted by atomic mass is 9.68. The first-order chi connectivity index (χ1) is 21.3. The van der Waals surface area contributed by atoms with Crippen LogP contribution in [0.5, 0.6) is 0 Å². The van der Waals surface area contributed by atoms with Crippen molar-refractivity contribution in [3.05, 3.63) is 30.1 Å². The zero-order valence-electron chi connectivity index (χ0n) is 26.7. The Morgan fingerprint density at radius 2 is 1.44 bits per heavy atom. The fraction of sp³-hybridized carbons (Fsp3) is 0.806. The highest BCUT2D eigenvalue weighted by atomic mass is 16.5.